The highest BCUT2D eigenvalue weighted by molar-refractivity contribution is 5.78. The molecule has 138 valence electrons. The van der Waals surface area contributed by atoms with Crippen molar-refractivity contribution in [2.24, 2.45) is 0 Å². The third-order valence-electron chi connectivity index (χ3n) is 4.05. The highest BCUT2D eigenvalue weighted by Gasteiger charge is 2.18. The minimum absolute atomic E-state index is 0.0875. The summed E-state index contributed by atoms with van der Waals surface area (Å²) >= 11 is 0. The predicted molar refractivity (Wildman–Crippen MR) is 100.0 cm³/mol. The van der Waals surface area contributed by atoms with E-state index in [1.54, 1.807) is 0 Å². The van der Waals surface area contributed by atoms with Gasteiger partial charge in [-0.3, -0.25) is 9.59 Å². The van der Waals surface area contributed by atoms with E-state index in [2.05, 4.69) is 5.32 Å². The number of methoxy groups -OCH3 is 1. The summed E-state index contributed by atoms with van der Waals surface area (Å²) in [5.74, 6) is 0.232. The van der Waals surface area contributed by atoms with E-state index in [0.29, 0.717) is 0 Å². The minimum atomic E-state index is -0.419. The maximum atomic E-state index is 12.3. The summed E-state index contributed by atoms with van der Waals surface area (Å²) in [4.78, 5) is 23.9. The number of carbonyl (C=O) groups excluding carboxylic acids is 2. The molecule has 0 radical (unpaired) electrons. The van der Waals surface area contributed by atoms with Gasteiger partial charge in [-0.2, -0.15) is 0 Å². The minimum Gasteiger partial charge on any atom is -0.493 e. The van der Waals surface area contributed by atoms with Crippen LogP contribution in [0.1, 0.15) is 35.6 Å². The van der Waals surface area contributed by atoms with Crippen LogP contribution in [0.2, 0.25) is 0 Å². The Kier molecular flexibility index (Phi) is 7.21. The van der Waals surface area contributed by atoms with Gasteiger partial charge in [0.25, 0.3) is 0 Å². The lowest BCUT2D eigenvalue weighted by atomic mass is 10.0. The lowest BCUT2D eigenvalue weighted by Gasteiger charge is -2.18. The van der Waals surface area contributed by atoms with Crippen LogP contribution in [0.5, 0.6) is 5.75 Å². The van der Waals surface area contributed by atoms with Gasteiger partial charge >= 0.3 is 5.97 Å². The molecule has 0 aliphatic rings. The average Bonchev–Trinajstić information content (AvgIpc) is 2.63. The van der Waals surface area contributed by atoms with Crippen molar-refractivity contribution in [3.8, 4) is 5.75 Å². The van der Waals surface area contributed by atoms with Gasteiger partial charge in [0.15, 0.2) is 0 Å². The molecular weight excluding hydrogens is 330 g/mol. The SMILES string of the molecule is COC(=O)CC(NC(=O)CCOc1ccc(C)cc1C)c1ccccc1. The number of esters is 1. The van der Waals surface area contributed by atoms with Gasteiger partial charge in [-0.15, -0.1) is 0 Å². The number of benzene rings is 2. The van der Waals surface area contributed by atoms with Gasteiger partial charge in [0.2, 0.25) is 5.91 Å². The number of rotatable bonds is 8. The summed E-state index contributed by atoms with van der Waals surface area (Å²) in [6.07, 6.45) is 0.294. The van der Waals surface area contributed by atoms with Gasteiger partial charge in [0.05, 0.1) is 32.6 Å². The fourth-order valence-corrected chi connectivity index (χ4v) is 2.67. The smallest absolute Gasteiger partial charge is 0.307 e. The van der Waals surface area contributed by atoms with Crippen LogP contribution >= 0.6 is 0 Å². The molecule has 0 saturated heterocycles. The Bertz CT molecular complexity index is 743. The van der Waals surface area contributed by atoms with Gasteiger partial charge in [0, 0.05) is 0 Å². The van der Waals surface area contributed by atoms with Gasteiger partial charge in [-0.25, -0.2) is 0 Å². The molecule has 0 aromatic heterocycles. The number of amides is 1. The molecule has 0 heterocycles. The number of hydrogen-bond acceptors (Lipinski definition) is 4. The second-order valence-corrected chi connectivity index (χ2v) is 6.18. The van der Waals surface area contributed by atoms with Crippen molar-refractivity contribution in [1.82, 2.24) is 5.32 Å². The zero-order chi connectivity index (χ0) is 18.9. The number of aryl methyl sites for hydroxylation is 2. The molecule has 2 aromatic carbocycles. The molecule has 5 heteroatoms. The lowest BCUT2D eigenvalue weighted by molar-refractivity contribution is -0.141. The van der Waals surface area contributed by atoms with Crippen LogP contribution < -0.4 is 10.1 Å². The van der Waals surface area contributed by atoms with Crippen LogP contribution in [0.25, 0.3) is 0 Å². The van der Waals surface area contributed by atoms with E-state index in [0.717, 1.165) is 16.9 Å². The molecule has 0 bridgehead atoms. The summed E-state index contributed by atoms with van der Waals surface area (Å²) < 4.78 is 10.4. The van der Waals surface area contributed by atoms with Gasteiger partial charge < -0.3 is 14.8 Å². The van der Waals surface area contributed by atoms with Crippen molar-refractivity contribution >= 4 is 11.9 Å². The first-order valence-electron chi connectivity index (χ1n) is 8.60. The van der Waals surface area contributed by atoms with E-state index in [9.17, 15) is 9.59 Å². The van der Waals surface area contributed by atoms with Crippen molar-refractivity contribution in [3.63, 3.8) is 0 Å². The van der Waals surface area contributed by atoms with Gasteiger partial charge in [0.1, 0.15) is 5.75 Å². The van der Waals surface area contributed by atoms with E-state index in [1.807, 2.05) is 62.4 Å². The fourth-order valence-electron chi connectivity index (χ4n) is 2.67. The molecule has 0 fully saturated rings. The van der Waals surface area contributed by atoms with E-state index < -0.39 is 6.04 Å². The lowest BCUT2D eigenvalue weighted by Crippen LogP contribution is -2.31. The zero-order valence-corrected chi connectivity index (χ0v) is 15.5. The third kappa shape index (κ3) is 5.92. The highest BCUT2D eigenvalue weighted by atomic mass is 16.5. The topological polar surface area (TPSA) is 64.6 Å². The fraction of sp³-hybridized carbons (Fsp3) is 0.333. The van der Waals surface area contributed by atoms with Crippen molar-refractivity contribution < 1.29 is 19.1 Å². The van der Waals surface area contributed by atoms with Crippen LogP contribution in [0.3, 0.4) is 0 Å². The summed E-state index contributed by atoms with van der Waals surface area (Å²) in [7, 11) is 1.34. The summed E-state index contributed by atoms with van der Waals surface area (Å²) in [6, 6.07) is 14.9. The standard InChI is InChI=1S/C21H25NO4/c1-15-9-10-19(16(2)13-15)26-12-11-20(23)22-18(14-21(24)25-3)17-7-5-4-6-8-17/h4-10,13,18H,11-12,14H2,1-3H3,(H,22,23). The predicted octanol–water partition coefficient (Wildman–Crippen LogP) is 3.49. The molecule has 5 nitrogen and oxygen atoms in total. The molecule has 1 amide bonds. The van der Waals surface area contributed by atoms with E-state index >= 15 is 0 Å². The molecule has 2 rings (SSSR count). The summed E-state index contributed by atoms with van der Waals surface area (Å²) in [5.41, 5.74) is 3.07. The van der Waals surface area contributed by atoms with Crippen molar-refractivity contribution in [2.45, 2.75) is 32.7 Å². The van der Waals surface area contributed by atoms with E-state index in [1.165, 1.54) is 12.7 Å². The normalized spacial score (nSPS) is 11.5. The number of ether oxygens (including phenoxy) is 2. The molecular formula is C21H25NO4. The van der Waals surface area contributed by atoms with Crippen molar-refractivity contribution in [2.75, 3.05) is 13.7 Å². The maximum Gasteiger partial charge on any atom is 0.307 e. The second kappa shape index (κ2) is 9.61. The Morgan fingerprint density at radius 3 is 2.46 bits per heavy atom. The van der Waals surface area contributed by atoms with Gasteiger partial charge in [-0.05, 0) is 31.0 Å². The molecule has 0 spiro atoms. The first-order chi connectivity index (χ1) is 12.5. The first kappa shape index (κ1) is 19.5. The van der Waals surface area contributed by atoms with Crippen LogP contribution in [0.4, 0.5) is 0 Å². The Morgan fingerprint density at radius 2 is 1.81 bits per heavy atom. The highest BCUT2D eigenvalue weighted by Crippen LogP contribution is 2.19. The maximum absolute atomic E-state index is 12.3. The Morgan fingerprint density at radius 1 is 1.08 bits per heavy atom. The molecule has 1 atom stereocenters. The van der Waals surface area contributed by atoms with Crippen LogP contribution in [-0.2, 0) is 14.3 Å². The Labute approximate surface area is 154 Å². The number of nitrogens with one attached hydrogen (secondary N) is 1. The van der Waals surface area contributed by atoms with Crippen LogP contribution in [0.15, 0.2) is 48.5 Å². The van der Waals surface area contributed by atoms with E-state index in [4.69, 9.17) is 9.47 Å². The van der Waals surface area contributed by atoms with Crippen LogP contribution in [0, 0.1) is 13.8 Å². The molecule has 1 N–H and O–H groups in total. The Balaban J connectivity index is 1.91. The van der Waals surface area contributed by atoms with Crippen molar-refractivity contribution in [3.05, 3.63) is 65.2 Å². The zero-order valence-electron chi connectivity index (χ0n) is 15.5. The molecule has 0 saturated carbocycles. The second-order valence-electron chi connectivity index (χ2n) is 6.18. The van der Waals surface area contributed by atoms with Crippen LogP contribution in [-0.4, -0.2) is 25.6 Å². The Hall–Kier alpha value is -2.82. The molecule has 0 aliphatic carbocycles. The number of hydrogen-bond donors (Lipinski definition) is 1. The monoisotopic (exact) mass is 355 g/mol. The molecule has 26 heavy (non-hydrogen) atoms. The van der Waals surface area contributed by atoms with E-state index in [-0.39, 0.29) is 31.3 Å². The summed E-state index contributed by atoms with van der Waals surface area (Å²) in [6.45, 7) is 4.27. The first-order valence-corrected chi connectivity index (χ1v) is 8.60. The van der Waals surface area contributed by atoms with Crippen molar-refractivity contribution in [1.29, 1.82) is 0 Å². The molecule has 2 aromatic rings. The van der Waals surface area contributed by atoms with Gasteiger partial charge in [-0.1, -0.05) is 48.0 Å². The largest absolute Gasteiger partial charge is 0.493 e. The molecule has 0 aliphatic heterocycles. The molecule has 1 unspecified atom stereocenters. The quantitative estimate of drug-likeness (QED) is 0.736. The average molecular weight is 355 g/mol. The third-order valence-corrected chi connectivity index (χ3v) is 4.05. The number of carbonyl (C=O) groups is 2. The summed E-state index contributed by atoms with van der Waals surface area (Å²) in [5, 5.41) is 2.89.